The molecule has 0 aliphatic rings. The SMILES string of the molecule is CN(C)CCCNC(=O)c1ccnc(C(=O)NCCc2c[nH]c3ccccc23)c1. The number of carbonyl (C=O) groups excluding carboxylic acids is 2. The Hall–Kier alpha value is -3.19. The number of hydrogen-bond acceptors (Lipinski definition) is 4. The van der Waals surface area contributed by atoms with Crippen LogP contribution >= 0.6 is 0 Å². The number of nitrogens with zero attached hydrogens (tertiary/aromatic N) is 2. The number of amides is 2. The van der Waals surface area contributed by atoms with E-state index in [-0.39, 0.29) is 17.5 Å². The van der Waals surface area contributed by atoms with Gasteiger partial charge in [-0.2, -0.15) is 0 Å². The second kappa shape index (κ2) is 9.84. The van der Waals surface area contributed by atoms with Gasteiger partial charge in [0.15, 0.2) is 0 Å². The molecule has 0 unspecified atom stereocenters. The van der Waals surface area contributed by atoms with Crippen molar-refractivity contribution in [1.29, 1.82) is 0 Å². The minimum absolute atomic E-state index is 0.195. The molecule has 29 heavy (non-hydrogen) atoms. The van der Waals surface area contributed by atoms with Gasteiger partial charge in [0.05, 0.1) is 0 Å². The highest BCUT2D eigenvalue weighted by molar-refractivity contribution is 5.98. The molecule has 3 N–H and O–H groups in total. The molecule has 0 atom stereocenters. The fourth-order valence-corrected chi connectivity index (χ4v) is 3.13. The highest BCUT2D eigenvalue weighted by atomic mass is 16.2. The first-order valence-corrected chi connectivity index (χ1v) is 9.77. The van der Waals surface area contributed by atoms with Crippen LogP contribution in [0.3, 0.4) is 0 Å². The van der Waals surface area contributed by atoms with Crippen LogP contribution in [-0.4, -0.2) is 60.4 Å². The fraction of sp³-hybridized carbons (Fsp3) is 0.318. The highest BCUT2D eigenvalue weighted by Gasteiger charge is 2.12. The Balaban J connectivity index is 1.51. The topological polar surface area (TPSA) is 90.1 Å². The van der Waals surface area contributed by atoms with Crippen LogP contribution in [0, 0.1) is 0 Å². The molecule has 0 fully saturated rings. The lowest BCUT2D eigenvalue weighted by molar-refractivity contribution is 0.0949. The molecule has 1 aromatic carbocycles. The third-order valence-electron chi connectivity index (χ3n) is 4.68. The summed E-state index contributed by atoms with van der Waals surface area (Å²) in [6, 6.07) is 11.2. The normalized spacial score (nSPS) is 11.0. The lowest BCUT2D eigenvalue weighted by atomic mass is 10.1. The molecule has 7 nitrogen and oxygen atoms in total. The van der Waals surface area contributed by atoms with Gasteiger partial charge in [-0.25, -0.2) is 0 Å². The zero-order valence-corrected chi connectivity index (χ0v) is 16.9. The molecule has 0 aliphatic heterocycles. The minimum Gasteiger partial charge on any atom is -0.361 e. The van der Waals surface area contributed by atoms with Crippen molar-refractivity contribution < 1.29 is 9.59 Å². The van der Waals surface area contributed by atoms with Crippen molar-refractivity contribution in [2.75, 3.05) is 33.7 Å². The Labute approximate surface area is 170 Å². The second-order valence-electron chi connectivity index (χ2n) is 7.21. The molecule has 3 aromatic rings. The zero-order valence-electron chi connectivity index (χ0n) is 16.9. The number of H-pyrrole nitrogens is 1. The number of nitrogens with one attached hydrogen (secondary N) is 3. The average Bonchev–Trinajstić information content (AvgIpc) is 3.14. The summed E-state index contributed by atoms with van der Waals surface area (Å²) in [5.74, 6) is -0.480. The molecule has 0 spiro atoms. The van der Waals surface area contributed by atoms with Gasteiger partial charge >= 0.3 is 0 Å². The van der Waals surface area contributed by atoms with E-state index in [2.05, 4.69) is 31.6 Å². The Morgan fingerprint density at radius 2 is 1.86 bits per heavy atom. The number of aromatic amines is 1. The Morgan fingerprint density at radius 3 is 2.69 bits per heavy atom. The number of rotatable bonds is 9. The summed E-state index contributed by atoms with van der Waals surface area (Å²) in [7, 11) is 3.99. The third kappa shape index (κ3) is 5.65. The van der Waals surface area contributed by atoms with Gasteiger partial charge in [-0.1, -0.05) is 18.2 Å². The van der Waals surface area contributed by atoms with Gasteiger partial charge in [-0.3, -0.25) is 14.6 Å². The van der Waals surface area contributed by atoms with Crippen LogP contribution in [0.4, 0.5) is 0 Å². The molecule has 2 aromatic heterocycles. The van der Waals surface area contributed by atoms with Crippen LogP contribution in [0.5, 0.6) is 0 Å². The number of carbonyl (C=O) groups is 2. The number of pyridine rings is 1. The van der Waals surface area contributed by atoms with Crippen LogP contribution in [0.2, 0.25) is 0 Å². The number of hydrogen-bond donors (Lipinski definition) is 3. The summed E-state index contributed by atoms with van der Waals surface area (Å²) >= 11 is 0. The first-order chi connectivity index (χ1) is 14.0. The van der Waals surface area contributed by atoms with Crippen molar-refractivity contribution in [1.82, 2.24) is 25.5 Å². The number of aromatic nitrogens is 2. The van der Waals surface area contributed by atoms with Crippen molar-refractivity contribution in [2.24, 2.45) is 0 Å². The second-order valence-corrected chi connectivity index (χ2v) is 7.21. The smallest absolute Gasteiger partial charge is 0.269 e. The summed E-state index contributed by atoms with van der Waals surface area (Å²) < 4.78 is 0. The van der Waals surface area contributed by atoms with E-state index in [9.17, 15) is 9.59 Å². The molecule has 0 saturated carbocycles. The molecule has 3 rings (SSSR count). The zero-order chi connectivity index (χ0) is 20.6. The van der Waals surface area contributed by atoms with Crippen LogP contribution in [0.15, 0.2) is 48.8 Å². The van der Waals surface area contributed by atoms with Crippen LogP contribution < -0.4 is 10.6 Å². The van der Waals surface area contributed by atoms with Crippen molar-refractivity contribution in [3.8, 4) is 0 Å². The van der Waals surface area contributed by atoms with Crippen molar-refractivity contribution in [3.05, 3.63) is 65.6 Å². The molecular weight excluding hydrogens is 366 g/mol. The van der Waals surface area contributed by atoms with E-state index in [4.69, 9.17) is 0 Å². The van der Waals surface area contributed by atoms with Crippen LogP contribution in [0.1, 0.15) is 32.8 Å². The van der Waals surface area contributed by atoms with Gasteiger partial charge in [0, 0.05) is 41.9 Å². The Morgan fingerprint density at radius 1 is 1.07 bits per heavy atom. The quantitative estimate of drug-likeness (QED) is 0.486. The maximum absolute atomic E-state index is 12.4. The standard InChI is InChI=1S/C22H27N5O2/c1-27(2)13-5-10-24-21(28)16-8-11-23-20(14-16)22(29)25-12-9-17-15-26-19-7-4-3-6-18(17)19/h3-4,6-8,11,14-15,26H,5,9-10,12-13H2,1-2H3,(H,24,28)(H,25,29). The molecular formula is C22H27N5O2. The molecule has 7 heteroatoms. The van der Waals surface area contributed by atoms with Gasteiger partial charge in [-0.15, -0.1) is 0 Å². The largest absolute Gasteiger partial charge is 0.361 e. The summed E-state index contributed by atoms with van der Waals surface area (Å²) in [6.07, 6.45) is 5.03. The highest BCUT2D eigenvalue weighted by Crippen LogP contribution is 2.17. The first-order valence-electron chi connectivity index (χ1n) is 9.77. The lowest BCUT2D eigenvalue weighted by Crippen LogP contribution is -2.29. The van der Waals surface area contributed by atoms with Gasteiger partial charge < -0.3 is 20.5 Å². The van der Waals surface area contributed by atoms with E-state index in [1.807, 2.05) is 38.5 Å². The maximum atomic E-state index is 12.4. The van der Waals surface area contributed by atoms with Crippen LogP contribution in [-0.2, 0) is 6.42 Å². The number of fused-ring (bicyclic) bond motifs is 1. The predicted molar refractivity (Wildman–Crippen MR) is 114 cm³/mol. The lowest BCUT2D eigenvalue weighted by Gasteiger charge is -2.10. The monoisotopic (exact) mass is 393 g/mol. The number of benzene rings is 1. The van der Waals surface area contributed by atoms with E-state index >= 15 is 0 Å². The van der Waals surface area contributed by atoms with E-state index in [1.54, 1.807) is 6.07 Å². The summed E-state index contributed by atoms with van der Waals surface area (Å²) in [6.45, 7) is 1.98. The molecule has 152 valence electrons. The average molecular weight is 393 g/mol. The summed E-state index contributed by atoms with van der Waals surface area (Å²) in [4.78, 5) is 34.1. The fourth-order valence-electron chi connectivity index (χ4n) is 3.13. The molecule has 2 amide bonds. The Kier molecular flexibility index (Phi) is 6.97. The third-order valence-corrected chi connectivity index (χ3v) is 4.68. The van der Waals surface area contributed by atoms with Gasteiger partial charge in [0.2, 0.25) is 0 Å². The van der Waals surface area contributed by atoms with E-state index < -0.39 is 0 Å². The van der Waals surface area contributed by atoms with Crippen molar-refractivity contribution in [3.63, 3.8) is 0 Å². The molecule has 2 heterocycles. The van der Waals surface area contributed by atoms with E-state index in [1.165, 1.54) is 12.3 Å². The van der Waals surface area contributed by atoms with E-state index in [0.29, 0.717) is 25.1 Å². The maximum Gasteiger partial charge on any atom is 0.269 e. The van der Waals surface area contributed by atoms with Gasteiger partial charge in [0.25, 0.3) is 11.8 Å². The number of para-hydroxylation sites is 1. The van der Waals surface area contributed by atoms with Crippen molar-refractivity contribution in [2.45, 2.75) is 12.8 Å². The van der Waals surface area contributed by atoms with Crippen molar-refractivity contribution >= 4 is 22.7 Å². The molecule has 0 saturated heterocycles. The van der Waals surface area contributed by atoms with Gasteiger partial charge in [0.1, 0.15) is 5.69 Å². The minimum atomic E-state index is -0.285. The van der Waals surface area contributed by atoms with Gasteiger partial charge in [-0.05, 0) is 57.2 Å². The molecule has 0 bridgehead atoms. The molecule has 0 aliphatic carbocycles. The predicted octanol–water partition coefficient (Wildman–Crippen LogP) is 2.22. The van der Waals surface area contributed by atoms with E-state index in [0.717, 1.165) is 29.4 Å². The first kappa shape index (κ1) is 20.5. The summed E-state index contributed by atoms with van der Waals surface area (Å²) in [5, 5.41) is 6.91. The van der Waals surface area contributed by atoms with Crippen LogP contribution in [0.25, 0.3) is 10.9 Å². The summed E-state index contributed by atoms with van der Waals surface area (Å²) in [5.41, 5.74) is 2.91. The Bertz CT molecular complexity index is 980. The molecule has 0 radical (unpaired) electrons.